The van der Waals surface area contributed by atoms with Gasteiger partial charge in [0.1, 0.15) is 5.75 Å². The minimum atomic E-state index is -1.12. The number of esters is 1. The Morgan fingerprint density at radius 2 is 2.00 bits per heavy atom. The standard InChI is InChI=1S/C18H30O5Si/c1-14-6-8-17(20)12-16(14)7-9-18(23-15(2)19)22-13-21-10-11-24(3,4)5/h6,8,12,18,20H,7,9-11,13H2,1-5H3. The molecule has 1 rings (SSSR count). The fraction of sp³-hybridized carbons (Fsp3) is 0.611. The molecule has 0 spiro atoms. The van der Waals surface area contributed by atoms with Crippen molar-refractivity contribution in [1.82, 2.24) is 0 Å². The van der Waals surface area contributed by atoms with Crippen molar-refractivity contribution in [2.45, 2.75) is 58.7 Å². The average molecular weight is 355 g/mol. The van der Waals surface area contributed by atoms with Gasteiger partial charge >= 0.3 is 5.97 Å². The fourth-order valence-electron chi connectivity index (χ4n) is 2.12. The van der Waals surface area contributed by atoms with Gasteiger partial charge in [0.25, 0.3) is 0 Å². The van der Waals surface area contributed by atoms with Gasteiger partial charge in [0.15, 0.2) is 6.79 Å². The quantitative estimate of drug-likeness (QED) is 0.299. The van der Waals surface area contributed by atoms with E-state index in [-0.39, 0.29) is 18.5 Å². The van der Waals surface area contributed by atoms with E-state index in [0.717, 1.165) is 17.2 Å². The first-order valence-corrected chi connectivity index (χ1v) is 12.0. The highest BCUT2D eigenvalue weighted by Crippen LogP contribution is 2.19. The molecule has 0 bridgehead atoms. The Morgan fingerprint density at radius 1 is 1.29 bits per heavy atom. The Hall–Kier alpha value is -1.37. The van der Waals surface area contributed by atoms with Crippen LogP contribution in [-0.4, -0.2) is 38.8 Å². The molecule has 0 amide bonds. The summed E-state index contributed by atoms with van der Waals surface area (Å²) in [5.41, 5.74) is 2.09. The summed E-state index contributed by atoms with van der Waals surface area (Å²) in [4.78, 5) is 11.2. The molecule has 0 fully saturated rings. The Kier molecular flexibility index (Phi) is 8.45. The van der Waals surface area contributed by atoms with E-state index in [2.05, 4.69) is 19.6 Å². The van der Waals surface area contributed by atoms with E-state index < -0.39 is 14.4 Å². The molecule has 1 N–H and O–H groups in total. The third-order valence-electron chi connectivity index (χ3n) is 3.61. The Bertz CT molecular complexity index is 525. The predicted molar refractivity (Wildman–Crippen MR) is 96.8 cm³/mol. The average Bonchev–Trinajstić information content (AvgIpc) is 2.45. The van der Waals surface area contributed by atoms with Gasteiger partial charge < -0.3 is 19.3 Å². The third kappa shape index (κ3) is 9.05. The highest BCUT2D eigenvalue weighted by atomic mass is 28.3. The SMILES string of the molecule is CC(=O)OC(CCc1cc(O)ccc1C)OCOCC[Si](C)(C)C. The van der Waals surface area contributed by atoms with Crippen LogP contribution < -0.4 is 0 Å². The Labute approximate surface area is 145 Å². The van der Waals surface area contributed by atoms with E-state index in [9.17, 15) is 9.90 Å². The lowest BCUT2D eigenvalue weighted by molar-refractivity contribution is -0.201. The minimum Gasteiger partial charge on any atom is -0.508 e. The molecule has 0 heterocycles. The van der Waals surface area contributed by atoms with Gasteiger partial charge in [-0.1, -0.05) is 25.7 Å². The molecule has 0 aromatic heterocycles. The maximum Gasteiger partial charge on any atom is 0.304 e. The summed E-state index contributed by atoms with van der Waals surface area (Å²) in [5, 5.41) is 9.58. The molecular weight excluding hydrogens is 324 g/mol. The lowest BCUT2D eigenvalue weighted by Crippen LogP contribution is -2.24. The molecule has 136 valence electrons. The number of carbonyl (C=O) groups excluding carboxylic acids is 1. The summed E-state index contributed by atoms with van der Waals surface area (Å²) in [5.74, 6) is -0.148. The molecule has 0 saturated heterocycles. The van der Waals surface area contributed by atoms with Gasteiger partial charge in [-0.25, -0.2) is 0 Å². The molecule has 0 aliphatic heterocycles. The Morgan fingerprint density at radius 3 is 2.62 bits per heavy atom. The first kappa shape index (κ1) is 20.7. The van der Waals surface area contributed by atoms with Gasteiger partial charge in [-0.3, -0.25) is 4.79 Å². The van der Waals surface area contributed by atoms with Crippen LogP contribution in [-0.2, 0) is 25.4 Å². The van der Waals surface area contributed by atoms with Gasteiger partial charge in [-0.05, 0) is 42.6 Å². The second-order valence-electron chi connectivity index (χ2n) is 7.19. The second-order valence-corrected chi connectivity index (χ2v) is 12.8. The van der Waals surface area contributed by atoms with Gasteiger partial charge in [0, 0.05) is 28.0 Å². The second kappa shape index (κ2) is 9.81. The van der Waals surface area contributed by atoms with Crippen LogP contribution in [0.25, 0.3) is 0 Å². The van der Waals surface area contributed by atoms with Gasteiger partial charge in [0.2, 0.25) is 6.29 Å². The van der Waals surface area contributed by atoms with Crippen molar-refractivity contribution in [2.24, 2.45) is 0 Å². The summed E-state index contributed by atoms with van der Waals surface area (Å²) in [6.07, 6.45) is 0.519. The first-order valence-electron chi connectivity index (χ1n) is 8.32. The summed E-state index contributed by atoms with van der Waals surface area (Å²) >= 11 is 0. The molecule has 0 aliphatic carbocycles. The number of aromatic hydroxyl groups is 1. The third-order valence-corrected chi connectivity index (χ3v) is 5.32. The summed E-state index contributed by atoms with van der Waals surface area (Å²) in [6.45, 7) is 11.0. The van der Waals surface area contributed by atoms with Crippen LogP contribution in [0.2, 0.25) is 25.7 Å². The molecule has 6 heteroatoms. The van der Waals surface area contributed by atoms with E-state index >= 15 is 0 Å². The highest BCUT2D eigenvalue weighted by Gasteiger charge is 2.15. The largest absolute Gasteiger partial charge is 0.508 e. The maximum absolute atomic E-state index is 11.2. The number of rotatable bonds is 10. The summed E-state index contributed by atoms with van der Waals surface area (Å²) < 4.78 is 16.2. The molecule has 1 atom stereocenters. The van der Waals surface area contributed by atoms with E-state index in [0.29, 0.717) is 19.4 Å². The zero-order valence-electron chi connectivity index (χ0n) is 15.4. The van der Waals surface area contributed by atoms with Gasteiger partial charge in [-0.15, -0.1) is 0 Å². The molecule has 1 aromatic rings. The van der Waals surface area contributed by atoms with Crippen molar-refractivity contribution in [3.05, 3.63) is 29.3 Å². The molecule has 1 unspecified atom stereocenters. The zero-order chi connectivity index (χ0) is 18.2. The van der Waals surface area contributed by atoms with E-state index in [4.69, 9.17) is 14.2 Å². The van der Waals surface area contributed by atoms with Crippen LogP contribution in [0, 0.1) is 6.92 Å². The molecule has 1 aromatic carbocycles. The maximum atomic E-state index is 11.2. The number of benzene rings is 1. The molecular formula is C18H30O5Si. The van der Waals surface area contributed by atoms with Crippen LogP contribution in [0.4, 0.5) is 0 Å². The van der Waals surface area contributed by atoms with Crippen molar-refractivity contribution in [3.63, 3.8) is 0 Å². The molecule has 0 radical (unpaired) electrons. The van der Waals surface area contributed by atoms with Crippen molar-refractivity contribution in [3.8, 4) is 5.75 Å². The van der Waals surface area contributed by atoms with Gasteiger partial charge in [0.05, 0.1) is 0 Å². The smallest absolute Gasteiger partial charge is 0.304 e. The van der Waals surface area contributed by atoms with E-state index in [1.807, 2.05) is 13.0 Å². The first-order chi connectivity index (χ1) is 11.2. The van der Waals surface area contributed by atoms with Crippen molar-refractivity contribution in [1.29, 1.82) is 0 Å². The zero-order valence-corrected chi connectivity index (χ0v) is 16.4. The minimum absolute atomic E-state index is 0.113. The predicted octanol–water partition coefficient (Wildman–Crippen LogP) is 3.85. The van der Waals surface area contributed by atoms with Crippen LogP contribution in [0.5, 0.6) is 5.75 Å². The summed E-state index contributed by atoms with van der Waals surface area (Å²) in [6, 6.07) is 6.32. The number of phenols is 1. The van der Waals surface area contributed by atoms with Crippen molar-refractivity contribution < 1.29 is 24.1 Å². The monoisotopic (exact) mass is 354 g/mol. The molecule has 0 saturated carbocycles. The number of carbonyl (C=O) groups is 1. The Balaban J connectivity index is 2.44. The van der Waals surface area contributed by atoms with E-state index in [1.165, 1.54) is 6.92 Å². The van der Waals surface area contributed by atoms with E-state index in [1.54, 1.807) is 12.1 Å². The molecule has 5 nitrogen and oxygen atoms in total. The highest BCUT2D eigenvalue weighted by molar-refractivity contribution is 6.76. The van der Waals surface area contributed by atoms with Crippen molar-refractivity contribution >= 4 is 14.0 Å². The number of hydrogen-bond donors (Lipinski definition) is 1. The van der Waals surface area contributed by atoms with Crippen LogP contribution in [0.1, 0.15) is 24.5 Å². The fourth-order valence-corrected chi connectivity index (χ4v) is 2.88. The molecule has 0 aliphatic rings. The number of aryl methyl sites for hydroxylation is 2. The molecule has 24 heavy (non-hydrogen) atoms. The normalized spacial score (nSPS) is 12.9. The summed E-state index contributed by atoms with van der Waals surface area (Å²) in [7, 11) is -1.12. The topological polar surface area (TPSA) is 65.0 Å². The van der Waals surface area contributed by atoms with Crippen LogP contribution in [0.3, 0.4) is 0 Å². The lowest BCUT2D eigenvalue weighted by atomic mass is 10.0. The number of hydrogen-bond acceptors (Lipinski definition) is 5. The van der Waals surface area contributed by atoms with Crippen LogP contribution in [0.15, 0.2) is 18.2 Å². The number of ether oxygens (including phenoxy) is 3. The van der Waals surface area contributed by atoms with Gasteiger partial charge in [-0.2, -0.15) is 0 Å². The lowest BCUT2D eigenvalue weighted by Gasteiger charge is -2.19. The van der Waals surface area contributed by atoms with Crippen molar-refractivity contribution in [2.75, 3.05) is 13.4 Å². The number of phenolic OH excluding ortho intramolecular Hbond substituents is 1. The van der Waals surface area contributed by atoms with Crippen LogP contribution >= 0.6 is 0 Å².